The highest BCUT2D eigenvalue weighted by molar-refractivity contribution is 9.10. The standard InChI is InChI=1S/C21H17BrF3N3O4/c1-30-19-10-15(32-21(23,24)25)3-5-17(19)31-18-8-12(22)2-4-16(18)20(29)28-13-6-7-27-14(9-13)11-26/h2-10H,11,26H2,1H3,(H,27,28,29). The van der Waals surface area contributed by atoms with Crippen LogP contribution in [-0.4, -0.2) is 24.4 Å². The third-order valence-electron chi connectivity index (χ3n) is 4.06. The van der Waals surface area contributed by atoms with Gasteiger partial charge in [-0.05, 0) is 42.5 Å². The molecule has 0 bridgehead atoms. The van der Waals surface area contributed by atoms with E-state index in [-0.39, 0.29) is 29.4 Å². The van der Waals surface area contributed by atoms with Crippen molar-refractivity contribution in [1.29, 1.82) is 0 Å². The molecule has 0 atom stereocenters. The summed E-state index contributed by atoms with van der Waals surface area (Å²) in [4.78, 5) is 16.9. The average molecular weight is 512 g/mol. The number of hydrogen-bond acceptors (Lipinski definition) is 6. The van der Waals surface area contributed by atoms with Gasteiger partial charge in [0.25, 0.3) is 5.91 Å². The van der Waals surface area contributed by atoms with Crippen molar-refractivity contribution in [2.75, 3.05) is 12.4 Å². The number of alkyl halides is 3. The summed E-state index contributed by atoms with van der Waals surface area (Å²) in [5.74, 6) is -0.726. The Bertz CT molecular complexity index is 1130. The van der Waals surface area contributed by atoms with Crippen molar-refractivity contribution in [3.63, 3.8) is 0 Å². The number of carbonyl (C=O) groups is 1. The second-order valence-corrected chi connectivity index (χ2v) is 7.21. The van der Waals surface area contributed by atoms with Gasteiger partial charge in [0, 0.05) is 29.0 Å². The van der Waals surface area contributed by atoms with Gasteiger partial charge in [0.05, 0.1) is 18.4 Å². The van der Waals surface area contributed by atoms with Crippen LogP contribution >= 0.6 is 15.9 Å². The van der Waals surface area contributed by atoms with Crippen molar-refractivity contribution in [2.24, 2.45) is 5.73 Å². The molecule has 3 rings (SSSR count). The van der Waals surface area contributed by atoms with E-state index in [4.69, 9.17) is 15.2 Å². The summed E-state index contributed by atoms with van der Waals surface area (Å²) in [6, 6.07) is 11.3. The molecule has 32 heavy (non-hydrogen) atoms. The van der Waals surface area contributed by atoms with E-state index in [9.17, 15) is 18.0 Å². The molecular weight excluding hydrogens is 495 g/mol. The number of ether oxygens (including phenoxy) is 3. The molecule has 0 saturated carbocycles. The number of methoxy groups -OCH3 is 1. The monoisotopic (exact) mass is 511 g/mol. The zero-order valence-electron chi connectivity index (χ0n) is 16.6. The number of hydrogen-bond donors (Lipinski definition) is 2. The Morgan fingerprint density at radius 2 is 1.88 bits per heavy atom. The zero-order chi connectivity index (χ0) is 23.3. The highest BCUT2D eigenvalue weighted by Gasteiger charge is 2.31. The SMILES string of the molecule is COc1cc(OC(F)(F)F)ccc1Oc1cc(Br)ccc1C(=O)Nc1ccnc(CN)c1. The molecule has 3 N–H and O–H groups in total. The maximum atomic E-state index is 12.9. The number of halogens is 4. The number of rotatable bonds is 7. The number of nitrogens with two attached hydrogens (primary N) is 1. The van der Waals surface area contributed by atoms with Gasteiger partial charge >= 0.3 is 6.36 Å². The van der Waals surface area contributed by atoms with E-state index in [1.165, 1.54) is 25.4 Å². The average Bonchev–Trinajstić information content (AvgIpc) is 2.74. The lowest BCUT2D eigenvalue weighted by Gasteiger charge is -2.16. The number of pyridine rings is 1. The third-order valence-corrected chi connectivity index (χ3v) is 4.55. The molecule has 3 aromatic rings. The summed E-state index contributed by atoms with van der Waals surface area (Å²) >= 11 is 3.31. The number of nitrogens with zero attached hydrogens (tertiary/aromatic N) is 1. The van der Waals surface area contributed by atoms with E-state index < -0.39 is 18.0 Å². The summed E-state index contributed by atoms with van der Waals surface area (Å²) in [5, 5.41) is 2.74. The first-order valence-electron chi connectivity index (χ1n) is 9.06. The number of aromatic nitrogens is 1. The van der Waals surface area contributed by atoms with Gasteiger partial charge in [0.2, 0.25) is 0 Å². The van der Waals surface area contributed by atoms with Crippen LogP contribution in [0.5, 0.6) is 23.0 Å². The molecule has 7 nitrogen and oxygen atoms in total. The van der Waals surface area contributed by atoms with Crippen molar-refractivity contribution in [2.45, 2.75) is 12.9 Å². The van der Waals surface area contributed by atoms with Crippen LogP contribution in [0.1, 0.15) is 16.1 Å². The van der Waals surface area contributed by atoms with Gasteiger partial charge in [-0.25, -0.2) is 0 Å². The highest BCUT2D eigenvalue weighted by Crippen LogP contribution is 2.38. The van der Waals surface area contributed by atoms with Crippen molar-refractivity contribution in [3.8, 4) is 23.0 Å². The van der Waals surface area contributed by atoms with Crippen LogP contribution in [-0.2, 0) is 6.54 Å². The predicted octanol–water partition coefficient (Wildman–Crippen LogP) is 5.25. The molecule has 11 heteroatoms. The van der Waals surface area contributed by atoms with E-state index in [0.29, 0.717) is 15.9 Å². The smallest absolute Gasteiger partial charge is 0.493 e. The van der Waals surface area contributed by atoms with Gasteiger partial charge in [0.1, 0.15) is 11.5 Å². The quantitative estimate of drug-likeness (QED) is 0.449. The first-order valence-corrected chi connectivity index (χ1v) is 9.85. The molecular formula is C21H17BrF3N3O4. The van der Waals surface area contributed by atoms with Crippen molar-refractivity contribution in [3.05, 3.63) is 70.5 Å². The van der Waals surface area contributed by atoms with Crippen LogP contribution in [0.3, 0.4) is 0 Å². The highest BCUT2D eigenvalue weighted by atomic mass is 79.9. The number of amides is 1. The lowest BCUT2D eigenvalue weighted by molar-refractivity contribution is -0.274. The molecule has 0 radical (unpaired) electrons. The maximum Gasteiger partial charge on any atom is 0.573 e. The topological polar surface area (TPSA) is 95.7 Å². The van der Waals surface area contributed by atoms with Gasteiger partial charge in [-0.3, -0.25) is 9.78 Å². The summed E-state index contributed by atoms with van der Waals surface area (Å²) in [6.45, 7) is 0.212. The maximum absolute atomic E-state index is 12.9. The van der Waals surface area contributed by atoms with E-state index in [2.05, 4.69) is 31.0 Å². The van der Waals surface area contributed by atoms with Gasteiger partial charge in [-0.15, -0.1) is 13.2 Å². The largest absolute Gasteiger partial charge is 0.573 e. The minimum atomic E-state index is -4.85. The molecule has 0 aliphatic rings. The van der Waals surface area contributed by atoms with Gasteiger partial charge < -0.3 is 25.3 Å². The zero-order valence-corrected chi connectivity index (χ0v) is 18.2. The van der Waals surface area contributed by atoms with Crippen LogP contribution in [0.25, 0.3) is 0 Å². The van der Waals surface area contributed by atoms with Crippen LogP contribution in [0.2, 0.25) is 0 Å². The lowest BCUT2D eigenvalue weighted by Crippen LogP contribution is -2.17. The Kier molecular flexibility index (Phi) is 7.21. The molecule has 168 valence electrons. The van der Waals surface area contributed by atoms with Gasteiger partial charge in [-0.1, -0.05) is 15.9 Å². The summed E-state index contributed by atoms with van der Waals surface area (Å²) < 4.78 is 52.9. The first-order chi connectivity index (χ1) is 15.2. The molecule has 1 amide bonds. The van der Waals surface area contributed by atoms with Gasteiger partial charge in [-0.2, -0.15) is 0 Å². The van der Waals surface area contributed by atoms with Crippen LogP contribution in [0, 0.1) is 0 Å². The fourth-order valence-corrected chi connectivity index (χ4v) is 3.02. The fourth-order valence-electron chi connectivity index (χ4n) is 2.68. The Morgan fingerprint density at radius 3 is 2.56 bits per heavy atom. The molecule has 0 aliphatic carbocycles. The molecule has 0 fully saturated rings. The summed E-state index contributed by atoms with van der Waals surface area (Å²) in [6.07, 6.45) is -3.33. The molecule has 0 saturated heterocycles. The van der Waals surface area contributed by atoms with Crippen molar-refractivity contribution >= 4 is 27.5 Å². The Labute approximate surface area is 189 Å². The first kappa shape index (κ1) is 23.4. The number of nitrogens with one attached hydrogen (secondary N) is 1. The van der Waals surface area contributed by atoms with Crippen molar-refractivity contribution in [1.82, 2.24) is 4.98 Å². The summed E-state index contributed by atoms with van der Waals surface area (Å²) in [7, 11) is 1.27. The number of benzene rings is 2. The third kappa shape index (κ3) is 6.11. The Hall–Kier alpha value is -3.31. The number of carbonyl (C=O) groups excluding carboxylic acids is 1. The molecule has 0 aliphatic heterocycles. The minimum Gasteiger partial charge on any atom is -0.493 e. The molecule has 0 spiro atoms. The fraction of sp³-hybridized carbons (Fsp3) is 0.143. The second-order valence-electron chi connectivity index (χ2n) is 6.30. The molecule has 0 unspecified atom stereocenters. The van der Waals surface area contributed by atoms with Crippen LogP contribution in [0.15, 0.2) is 59.2 Å². The minimum absolute atomic E-state index is 0.0141. The van der Waals surface area contributed by atoms with Crippen LogP contribution < -0.4 is 25.3 Å². The van der Waals surface area contributed by atoms with Crippen LogP contribution in [0.4, 0.5) is 18.9 Å². The predicted molar refractivity (Wildman–Crippen MR) is 114 cm³/mol. The van der Waals surface area contributed by atoms with E-state index in [1.54, 1.807) is 24.3 Å². The molecule has 1 heterocycles. The Balaban J connectivity index is 1.89. The lowest BCUT2D eigenvalue weighted by atomic mass is 10.1. The number of anilines is 1. The second kappa shape index (κ2) is 9.88. The van der Waals surface area contributed by atoms with E-state index in [1.807, 2.05) is 0 Å². The normalized spacial score (nSPS) is 11.1. The molecule has 1 aromatic heterocycles. The Morgan fingerprint density at radius 1 is 1.09 bits per heavy atom. The van der Waals surface area contributed by atoms with E-state index >= 15 is 0 Å². The molecule has 2 aromatic carbocycles. The summed E-state index contributed by atoms with van der Waals surface area (Å²) in [5.41, 5.74) is 6.84. The van der Waals surface area contributed by atoms with Gasteiger partial charge in [0.15, 0.2) is 11.5 Å². The van der Waals surface area contributed by atoms with E-state index in [0.717, 1.165) is 12.1 Å². The van der Waals surface area contributed by atoms with Crippen molar-refractivity contribution < 1.29 is 32.2 Å².